The van der Waals surface area contributed by atoms with Crippen LogP contribution in [0.25, 0.3) is 0 Å². The molecular formula is C28H39F5INO2S. The Morgan fingerprint density at radius 1 is 1.03 bits per heavy atom. The second-order valence-electron chi connectivity index (χ2n) is 13.1. The molecule has 0 radical (unpaired) electrons. The molecule has 10 heteroatoms. The molecule has 1 aliphatic rings. The van der Waals surface area contributed by atoms with Crippen LogP contribution < -0.4 is 0 Å². The fourth-order valence-corrected chi connectivity index (χ4v) is 6.53. The number of aromatic nitrogens is 1. The number of aliphatic hydroxyl groups excluding tert-OH is 1. The number of ether oxygens (including phenoxy) is 1. The molecule has 0 spiro atoms. The largest absolute Gasteiger partial charge is 0.384 e. The minimum Gasteiger partial charge on any atom is -0.384 e. The van der Waals surface area contributed by atoms with Crippen LogP contribution in [0.5, 0.6) is 0 Å². The summed E-state index contributed by atoms with van der Waals surface area (Å²) >= 11 is 2.17. The Balaban J connectivity index is 2.20. The number of hydrogen-bond donors (Lipinski definition) is 1. The van der Waals surface area contributed by atoms with E-state index < -0.39 is 26.8 Å². The van der Waals surface area contributed by atoms with Gasteiger partial charge in [-0.05, 0) is 83.7 Å². The van der Waals surface area contributed by atoms with E-state index >= 15 is 0 Å². The number of rotatable bonds is 6. The zero-order valence-corrected chi connectivity index (χ0v) is 26.4. The van der Waals surface area contributed by atoms with E-state index in [1.807, 2.05) is 27.7 Å². The molecule has 1 aliphatic carbocycles. The van der Waals surface area contributed by atoms with E-state index in [9.17, 15) is 24.5 Å². The lowest BCUT2D eigenvalue weighted by molar-refractivity contribution is -0.146. The van der Waals surface area contributed by atoms with Gasteiger partial charge in [0.25, 0.3) is 0 Å². The average molecular weight is 676 g/mol. The molecule has 2 aromatic rings. The summed E-state index contributed by atoms with van der Waals surface area (Å²) in [5.41, 5.74) is 2.20. The van der Waals surface area contributed by atoms with Crippen molar-refractivity contribution in [1.82, 2.24) is 4.98 Å². The molecule has 1 aromatic heterocycles. The van der Waals surface area contributed by atoms with Crippen LogP contribution in [0.4, 0.5) is 19.4 Å². The molecule has 1 N–H and O–H groups in total. The van der Waals surface area contributed by atoms with Gasteiger partial charge < -0.3 is 9.84 Å². The van der Waals surface area contributed by atoms with Crippen molar-refractivity contribution >= 4 is 32.8 Å². The van der Waals surface area contributed by atoms with Gasteiger partial charge in [0.15, 0.2) is 0 Å². The third-order valence-corrected chi connectivity index (χ3v) is 10.1. The molecule has 0 aliphatic heterocycles. The minimum absolute atomic E-state index is 0.0841. The summed E-state index contributed by atoms with van der Waals surface area (Å²) in [6, 6.07) is 2.51. The number of aliphatic hydroxyl groups is 1. The molecular weight excluding hydrogens is 636 g/mol. The van der Waals surface area contributed by atoms with Crippen molar-refractivity contribution in [2.45, 2.75) is 104 Å². The van der Waals surface area contributed by atoms with Crippen LogP contribution in [0, 0.1) is 14.4 Å². The fourth-order valence-electron chi connectivity index (χ4n) is 4.65. The SMILES string of the molecule is CC(C)c1nc2c(c(I)c1[C@H](O)c1ccc(S(F)(F)(F)(F)F)cc1)[C@@H](OC(C)(C)C(C)(C)C)CC(C)(C)C2. The summed E-state index contributed by atoms with van der Waals surface area (Å²) in [6.45, 7) is 18.6. The molecule has 0 unspecified atom stereocenters. The molecule has 2 atom stereocenters. The van der Waals surface area contributed by atoms with Crippen LogP contribution in [0.3, 0.4) is 0 Å². The first kappa shape index (κ1) is 31.5. The van der Waals surface area contributed by atoms with Crippen molar-refractivity contribution < 1.29 is 29.3 Å². The Morgan fingerprint density at radius 3 is 2.00 bits per heavy atom. The van der Waals surface area contributed by atoms with Gasteiger partial charge in [-0.1, -0.05) is 80.0 Å². The van der Waals surface area contributed by atoms with Crippen LogP contribution in [-0.4, -0.2) is 15.7 Å². The molecule has 0 saturated carbocycles. The average Bonchev–Trinajstić information content (AvgIpc) is 2.69. The third-order valence-electron chi connectivity index (χ3n) is 7.73. The highest BCUT2D eigenvalue weighted by atomic mass is 127. The normalized spacial score (nSPS) is 21.0. The number of hydrogen-bond acceptors (Lipinski definition) is 3. The molecule has 0 fully saturated rings. The van der Waals surface area contributed by atoms with Crippen LogP contribution in [-0.2, 0) is 11.2 Å². The second-order valence-corrected chi connectivity index (χ2v) is 16.6. The lowest BCUT2D eigenvalue weighted by Crippen LogP contribution is -2.42. The van der Waals surface area contributed by atoms with E-state index in [-0.39, 0.29) is 28.4 Å². The van der Waals surface area contributed by atoms with Crippen LogP contribution in [0.1, 0.15) is 115 Å². The molecule has 1 aromatic carbocycles. The molecule has 3 rings (SSSR count). The summed E-state index contributed by atoms with van der Waals surface area (Å²) in [6.07, 6.45) is -0.226. The Kier molecular flexibility index (Phi) is 7.48. The van der Waals surface area contributed by atoms with E-state index in [4.69, 9.17) is 9.72 Å². The topological polar surface area (TPSA) is 42.4 Å². The highest BCUT2D eigenvalue weighted by Gasteiger charge is 2.65. The molecule has 0 amide bonds. The van der Waals surface area contributed by atoms with E-state index in [0.29, 0.717) is 29.8 Å². The van der Waals surface area contributed by atoms with Gasteiger partial charge in [-0.25, -0.2) is 0 Å². The quantitative estimate of drug-likeness (QED) is 0.245. The van der Waals surface area contributed by atoms with Gasteiger partial charge in [-0.15, -0.1) is 0 Å². The molecule has 38 heavy (non-hydrogen) atoms. The Bertz CT molecular complexity index is 1220. The summed E-state index contributed by atoms with van der Waals surface area (Å²) in [4.78, 5) is 3.02. The molecule has 3 nitrogen and oxygen atoms in total. The van der Waals surface area contributed by atoms with Crippen LogP contribution >= 0.6 is 32.8 Å². The summed E-state index contributed by atoms with van der Waals surface area (Å²) < 4.78 is 73.8. The first-order valence-electron chi connectivity index (χ1n) is 12.7. The van der Waals surface area contributed by atoms with E-state index in [0.717, 1.165) is 33.4 Å². The highest BCUT2D eigenvalue weighted by Crippen LogP contribution is 3.02. The van der Waals surface area contributed by atoms with Crippen molar-refractivity contribution in [3.05, 3.63) is 55.9 Å². The maximum atomic E-state index is 13.3. The van der Waals surface area contributed by atoms with Gasteiger partial charge in [-0.3, -0.25) is 4.98 Å². The van der Waals surface area contributed by atoms with Crippen molar-refractivity contribution in [2.75, 3.05) is 0 Å². The lowest BCUT2D eigenvalue weighted by atomic mass is 9.73. The van der Waals surface area contributed by atoms with Crippen molar-refractivity contribution in [3.8, 4) is 0 Å². The van der Waals surface area contributed by atoms with E-state index in [1.54, 1.807) is 0 Å². The zero-order valence-electron chi connectivity index (χ0n) is 23.4. The van der Waals surface area contributed by atoms with Gasteiger partial charge in [0.2, 0.25) is 0 Å². The fraction of sp³-hybridized carbons (Fsp3) is 0.607. The van der Waals surface area contributed by atoms with Crippen LogP contribution in [0.15, 0.2) is 29.2 Å². The van der Waals surface area contributed by atoms with Crippen molar-refractivity contribution in [3.63, 3.8) is 0 Å². The Morgan fingerprint density at radius 2 is 1.55 bits per heavy atom. The van der Waals surface area contributed by atoms with Gasteiger partial charge >= 0.3 is 10.2 Å². The Labute approximate surface area is 236 Å². The summed E-state index contributed by atoms with van der Waals surface area (Å²) in [5, 5.41) is 11.4. The molecule has 0 bridgehead atoms. The maximum absolute atomic E-state index is 13.3. The van der Waals surface area contributed by atoms with E-state index in [1.165, 1.54) is 0 Å². The number of benzene rings is 1. The first-order chi connectivity index (χ1) is 16.7. The molecule has 0 saturated heterocycles. The number of nitrogens with zero attached hydrogens (tertiary/aromatic N) is 1. The van der Waals surface area contributed by atoms with Crippen molar-refractivity contribution in [2.24, 2.45) is 10.8 Å². The lowest BCUT2D eigenvalue weighted by Gasteiger charge is -2.46. The van der Waals surface area contributed by atoms with Gasteiger partial charge in [0, 0.05) is 20.4 Å². The second kappa shape index (κ2) is 9.01. The summed E-state index contributed by atoms with van der Waals surface area (Å²) in [5.74, 6) is -0.0992. The van der Waals surface area contributed by atoms with Gasteiger partial charge in [0.1, 0.15) is 11.0 Å². The predicted octanol–water partition coefficient (Wildman–Crippen LogP) is 10.4. The van der Waals surface area contributed by atoms with Gasteiger partial charge in [0.05, 0.1) is 17.4 Å². The molecule has 1 heterocycles. The molecule has 216 valence electrons. The number of halogens is 6. The number of pyridine rings is 1. The number of fused-ring (bicyclic) bond motifs is 1. The maximum Gasteiger partial charge on any atom is 0.310 e. The summed E-state index contributed by atoms with van der Waals surface area (Å²) in [7, 11) is -9.82. The van der Waals surface area contributed by atoms with Crippen molar-refractivity contribution in [1.29, 1.82) is 0 Å². The minimum atomic E-state index is -9.82. The van der Waals surface area contributed by atoms with E-state index in [2.05, 4.69) is 57.2 Å². The van der Waals surface area contributed by atoms with Gasteiger partial charge in [-0.2, -0.15) is 0 Å². The predicted molar refractivity (Wildman–Crippen MR) is 152 cm³/mol. The van der Waals surface area contributed by atoms with Crippen LogP contribution in [0.2, 0.25) is 0 Å². The highest BCUT2D eigenvalue weighted by molar-refractivity contribution is 14.1. The Hall–Kier alpha value is -0.980. The standard InChI is InChI=1S/C28H39F5INO2S/c1-16(2)24-22(25(36)17-10-12-18(13-11-17)38(29,30,31,32)33)23(34)21-19(35-24)14-27(6,7)15-20(21)37-28(8,9)26(3,4)5/h10-13,16,20,25,36H,14-15H2,1-9H3/t20-,25+/m0/s1. The smallest absolute Gasteiger partial charge is 0.310 e. The first-order valence-corrected chi connectivity index (χ1v) is 15.7. The third kappa shape index (κ3) is 6.49. The monoisotopic (exact) mass is 675 g/mol. The zero-order chi connectivity index (χ0) is 29.3.